The van der Waals surface area contributed by atoms with E-state index in [2.05, 4.69) is 92.4 Å². The summed E-state index contributed by atoms with van der Waals surface area (Å²) in [6.07, 6.45) is 0. The first kappa shape index (κ1) is 23.5. The van der Waals surface area contributed by atoms with Crippen LogP contribution in [0, 0.1) is 0 Å². The summed E-state index contributed by atoms with van der Waals surface area (Å²) in [7, 11) is 6.15. The molecule has 30 heavy (non-hydrogen) atoms. The fourth-order valence-corrected chi connectivity index (χ4v) is 3.68. The second-order valence-corrected chi connectivity index (χ2v) is 7.32. The van der Waals surface area contributed by atoms with Crippen LogP contribution in [0.4, 0.5) is 22.7 Å². The molecule has 6 nitrogen and oxygen atoms in total. The third kappa shape index (κ3) is 5.89. The van der Waals surface area contributed by atoms with E-state index in [-0.39, 0.29) is 0 Å². The molecule has 0 saturated heterocycles. The molecule has 0 aliphatic rings. The van der Waals surface area contributed by atoms with Crippen molar-refractivity contribution >= 4 is 28.5 Å². The molecule has 6 heteroatoms. The lowest BCUT2D eigenvalue weighted by atomic mass is 10.2. The number of ether oxygens (including phenoxy) is 1. The Kier molecular flexibility index (Phi) is 8.99. The normalized spacial score (nSPS) is 11.4. The molecule has 0 saturated carbocycles. The number of rotatable bonds is 11. The van der Waals surface area contributed by atoms with Crippen LogP contribution in [-0.4, -0.2) is 53.1 Å². The van der Waals surface area contributed by atoms with Gasteiger partial charge in [0.05, 0.1) is 31.6 Å². The number of nitrogens with two attached hydrogens (primary N) is 1. The fraction of sp³-hybridized carbons (Fsp3) is 0.458. The Labute approximate surface area is 182 Å². The number of benzene rings is 2. The van der Waals surface area contributed by atoms with E-state index in [1.165, 1.54) is 17.1 Å². The van der Waals surface area contributed by atoms with Crippen molar-refractivity contribution in [3.05, 3.63) is 42.5 Å². The minimum atomic E-state index is 0.623. The van der Waals surface area contributed by atoms with Crippen LogP contribution in [0.25, 0.3) is 0 Å². The van der Waals surface area contributed by atoms with Crippen LogP contribution < -0.4 is 24.9 Å². The average Bonchev–Trinajstić information content (AvgIpc) is 2.74. The largest absolute Gasteiger partial charge is 0.492 e. The van der Waals surface area contributed by atoms with Crippen molar-refractivity contribution in [1.29, 1.82) is 0 Å². The van der Waals surface area contributed by atoms with Crippen LogP contribution in [0.2, 0.25) is 0 Å². The summed E-state index contributed by atoms with van der Waals surface area (Å²) in [6.45, 7) is 11.7. The zero-order chi connectivity index (χ0) is 22.1. The highest BCUT2D eigenvalue weighted by Crippen LogP contribution is 2.32. The van der Waals surface area contributed by atoms with E-state index in [0.717, 1.165) is 36.8 Å². The molecule has 0 aliphatic heterocycles. The summed E-state index contributed by atoms with van der Waals surface area (Å²) in [5, 5.41) is 8.88. The molecule has 0 bridgehead atoms. The maximum Gasteiger partial charge on any atom is 0.152 e. The molecule has 0 spiro atoms. The molecule has 0 heterocycles. The van der Waals surface area contributed by atoms with Gasteiger partial charge in [0, 0.05) is 45.0 Å². The highest BCUT2D eigenvalue weighted by Gasteiger charge is 2.14. The van der Waals surface area contributed by atoms with Crippen molar-refractivity contribution in [2.45, 2.75) is 27.7 Å². The van der Waals surface area contributed by atoms with Crippen molar-refractivity contribution in [3.8, 4) is 5.75 Å². The lowest BCUT2D eigenvalue weighted by molar-refractivity contribution is -0.538. The lowest BCUT2D eigenvalue weighted by Gasteiger charge is -2.25. The molecular formula is C24H38N5O+. The third-order valence-corrected chi connectivity index (χ3v) is 5.17. The smallest absolute Gasteiger partial charge is 0.152 e. The summed E-state index contributed by atoms with van der Waals surface area (Å²) in [6, 6.07) is 14.8. The van der Waals surface area contributed by atoms with Crippen LogP contribution in [0.15, 0.2) is 47.6 Å². The Bertz CT molecular complexity index is 832. The van der Waals surface area contributed by atoms with Gasteiger partial charge in [0.15, 0.2) is 5.69 Å². The number of para-hydroxylation sites is 2. The Morgan fingerprint density at radius 2 is 1.70 bits per heavy atom. The van der Waals surface area contributed by atoms with E-state index in [9.17, 15) is 0 Å². The molecule has 0 fully saturated rings. The van der Waals surface area contributed by atoms with Gasteiger partial charge in [0.25, 0.3) is 0 Å². The minimum Gasteiger partial charge on any atom is -0.492 e. The van der Waals surface area contributed by atoms with Crippen molar-refractivity contribution in [3.63, 3.8) is 0 Å². The van der Waals surface area contributed by atoms with Gasteiger partial charge < -0.3 is 19.9 Å². The van der Waals surface area contributed by atoms with Gasteiger partial charge in [-0.1, -0.05) is 12.1 Å². The number of nitrogens with zero attached hydrogens (tertiary/aromatic N) is 4. The van der Waals surface area contributed by atoms with Gasteiger partial charge in [-0.3, -0.25) is 5.01 Å². The van der Waals surface area contributed by atoms with Gasteiger partial charge in [-0.25, -0.2) is 0 Å². The quantitative estimate of drug-likeness (QED) is 0.347. The predicted molar refractivity (Wildman–Crippen MR) is 130 cm³/mol. The fourth-order valence-electron chi connectivity index (χ4n) is 3.68. The zero-order valence-corrected chi connectivity index (χ0v) is 19.6. The first-order chi connectivity index (χ1) is 14.4. The first-order valence-corrected chi connectivity index (χ1v) is 10.8. The summed E-state index contributed by atoms with van der Waals surface area (Å²) >= 11 is 0. The first-order valence-electron chi connectivity index (χ1n) is 10.8. The molecule has 0 amide bonds. The Morgan fingerprint density at radius 1 is 1.00 bits per heavy atom. The standard InChI is InChI=1S/C24H37N5O/c1-8-29(9-2)20-15-16-23(24(17-20)30-10-3)28(7)26-19(4)18-27(6)22-14-12-11-13-21(22)25-5/h11-17,25H,8-10,18H2,1-7H3/p+1/b26-19+. The Morgan fingerprint density at radius 3 is 2.33 bits per heavy atom. The second-order valence-electron chi connectivity index (χ2n) is 7.32. The minimum absolute atomic E-state index is 0.623. The van der Waals surface area contributed by atoms with Crippen LogP contribution in [-0.2, 0) is 0 Å². The van der Waals surface area contributed by atoms with Crippen molar-refractivity contribution in [2.75, 3.05) is 62.2 Å². The van der Waals surface area contributed by atoms with E-state index in [1.807, 2.05) is 19.0 Å². The van der Waals surface area contributed by atoms with Crippen LogP contribution in [0.5, 0.6) is 5.75 Å². The van der Waals surface area contributed by atoms with Gasteiger partial charge in [-0.05, 0) is 45.9 Å². The SMILES string of the molecule is CCOc1cc(N(CC)CC)ccc1N(C)/N=C(\C)CN(C)c1ccccc1[NH2+]C. The van der Waals surface area contributed by atoms with Crippen LogP contribution in [0.1, 0.15) is 27.7 Å². The number of quaternary nitrogens is 1. The van der Waals surface area contributed by atoms with Crippen LogP contribution >= 0.6 is 0 Å². The summed E-state index contributed by atoms with van der Waals surface area (Å²) in [5.41, 5.74) is 5.61. The molecule has 0 unspecified atom stereocenters. The number of hydrazone groups is 1. The van der Waals surface area contributed by atoms with Crippen molar-refractivity contribution in [1.82, 2.24) is 0 Å². The molecule has 164 valence electrons. The number of hydrogen-bond acceptors (Lipinski definition) is 5. The van der Waals surface area contributed by atoms with E-state index in [1.54, 1.807) is 0 Å². The zero-order valence-electron chi connectivity index (χ0n) is 19.6. The molecular weight excluding hydrogens is 374 g/mol. The van der Waals surface area contributed by atoms with Crippen molar-refractivity contribution < 1.29 is 10.1 Å². The lowest BCUT2D eigenvalue weighted by Crippen LogP contribution is -2.73. The highest BCUT2D eigenvalue weighted by atomic mass is 16.5. The second kappa shape index (κ2) is 11.5. The van der Waals surface area contributed by atoms with Gasteiger partial charge in [-0.2, -0.15) is 5.10 Å². The molecule has 0 radical (unpaired) electrons. The van der Waals surface area contributed by atoms with Gasteiger partial charge in [-0.15, -0.1) is 0 Å². The highest BCUT2D eigenvalue weighted by molar-refractivity contribution is 5.88. The maximum absolute atomic E-state index is 5.95. The predicted octanol–water partition coefficient (Wildman–Crippen LogP) is 3.70. The van der Waals surface area contributed by atoms with Gasteiger partial charge >= 0.3 is 0 Å². The molecule has 0 aromatic heterocycles. The summed E-state index contributed by atoms with van der Waals surface area (Å²) in [5.74, 6) is 0.861. The topological polar surface area (TPSA) is 47.9 Å². The van der Waals surface area contributed by atoms with E-state index >= 15 is 0 Å². The van der Waals surface area contributed by atoms with Gasteiger partial charge in [0.2, 0.25) is 0 Å². The monoisotopic (exact) mass is 412 g/mol. The molecule has 0 atom stereocenters. The van der Waals surface area contributed by atoms with Gasteiger partial charge in [0.1, 0.15) is 11.4 Å². The van der Waals surface area contributed by atoms with Crippen LogP contribution in [0.3, 0.4) is 0 Å². The third-order valence-electron chi connectivity index (χ3n) is 5.17. The summed E-state index contributed by atoms with van der Waals surface area (Å²) < 4.78 is 5.95. The van der Waals surface area contributed by atoms with E-state index in [0.29, 0.717) is 6.61 Å². The summed E-state index contributed by atoms with van der Waals surface area (Å²) in [4.78, 5) is 4.55. The van der Waals surface area contributed by atoms with Crippen molar-refractivity contribution in [2.24, 2.45) is 5.10 Å². The Balaban J connectivity index is 2.22. The Hall–Kier alpha value is -2.73. The van der Waals surface area contributed by atoms with E-state index in [4.69, 9.17) is 9.84 Å². The molecule has 2 rings (SSSR count). The number of hydrogen-bond donors (Lipinski definition) is 1. The van der Waals surface area contributed by atoms with E-state index < -0.39 is 0 Å². The molecule has 2 aromatic rings. The number of anilines is 3. The molecule has 2 N–H and O–H groups in total. The maximum atomic E-state index is 5.95. The molecule has 2 aromatic carbocycles. The average molecular weight is 413 g/mol. The molecule has 0 aliphatic carbocycles.